The minimum atomic E-state index is -2.23. The maximum Gasteiger partial charge on any atom is 0.407 e. The first kappa shape index (κ1) is 32.9. The monoisotopic (exact) mass is 569 g/mol. The third kappa shape index (κ3) is 9.71. The molecule has 3 amide bonds. The zero-order valence-electron chi connectivity index (χ0n) is 22.6. The lowest BCUT2D eigenvalue weighted by Crippen LogP contribution is -2.71. The minimum absolute atomic E-state index is 0.0434. The van der Waals surface area contributed by atoms with Crippen LogP contribution >= 0.6 is 0 Å². The molecule has 0 spiro atoms. The van der Waals surface area contributed by atoms with Gasteiger partial charge in [-0.2, -0.15) is 0 Å². The molecule has 0 radical (unpaired) electrons. The Hall–Kier alpha value is -3.30. The van der Waals surface area contributed by atoms with E-state index in [1.165, 1.54) is 0 Å². The summed E-state index contributed by atoms with van der Waals surface area (Å²) in [4.78, 5) is 48.9. The topological polar surface area (TPSA) is 213 Å². The molecular weight excluding hydrogens is 530 g/mol. The fourth-order valence-corrected chi connectivity index (χ4v) is 4.28. The highest BCUT2D eigenvalue weighted by Gasteiger charge is 2.55. The van der Waals surface area contributed by atoms with Crippen molar-refractivity contribution in [2.24, 2.45) is 0 Å². The van der Waals surface area contributed by atoms with E-state index in [0.29, 0.717) is 25.8 Å². The first-order valence-electron chi connectivity index (χ1n) is 13.0. The van der Waals surface area contributed by atoms with Crippen molar-refractivity contribution in [3.8, 4) is 0 Å². The predicted molar refractivity (Wildman–Crippen MR) is 138 cm³/mol. The highest BCUT2D eigenvalue weighted by atomic mass is 16.6. The second-order valence-corrected chi connectivity index (χ2v) is 9.49. The Morgan fingerprint density at radius 3 is 2.45 bits per heavy atom. The average molecular weight is 570 g/mol. The van der Waals surface area contributed by atoms with Crippen molar-refractivity contribution < 1.29 is 53.8 Å². The first-order valence-corrected chi connectivity index (χ1v) is 13.0. The van der Waals surface area contributed by atoms with Crippen LogP contribution in [0.5, 0.6) is 0 Å². The third-order valence-electron chi connectivity index (χ3n) is 6.31. The minimum Gasteiger partial charge on any atom is -0.465 e. The lowest BCUT2D eigenvalue weighted by Gasteiger charge is -2.47. The molecule has 1 fully saturated rings. The van der Waals surface area contributed by atoms with Crippen LogP contribution in [0.4, 0.5) is 4.79 Å². The fourth-order valence-electron chi connectivity index (χ4n) is 4.28. The van der Waals surface area contributed by atoms with E-state index in [-0.39, 0.29) is 13.0 Å². The summed E-state index contributed by atoms with van der Waals surface area (Å²) in [5, 5.41) is 47.9. The van der Waals surface area contributed by atoms with Crippen molar-refractivity contribution in [2.75, 3.05) is 20.3 Å². The molecule has 0 bridgehead atoms. The van der Waals surface area contributed by atoms with Gasteiger partial charge in [0.15, 0.2) is 0 Å². The molecule has 0 saturated carbocycles. The summed E-state index contributed by atoms with van der Waals surface area (Å²) in [7, 11) is 1.04. The van der Waals surface area contributed by atoms with Crippen LogP contribution in [0.15, 0.2) is 30.3 Å². The zero-order valence-corrected chi connectivity index (χ0v) is 22.6. The summed E-state index contributed by atoms with van der Waals surface area (Å²) in [5.74, 6) is -2.28. The van der Waals surface area contributed by atoms with E-state index in [4.69, 9.17) is 14.2 Å². The maximum atomic E-state index is 12.7. The number of unbranched alkanes of at least 4 members (excludes halogenated alkanes) is 2. The predicted octanol–water partition coefficient (Wildman–Crippen LogP) is -1.17. The molecule has 0 aromatic heterocycles. The van der Waals surface area contributed by atoms with Gasteiger partial charge in [-0.1, -0.05) is 36.8 Å². The molecule has 1 aromatic rings. The molecule has 5 unspecified atom stereocenters. The Kier molecular flexibility index (Phi) is 13.2. The van der Waals surface area contributed by atoms with Crippen LogP contribution in [0.25, 0.3) is 0 Å². The Balaban J connectivity index is 1.90. The summed E-state index contributed by atoms with van der Waals surface area (Å²) in [6.45, 7) is 0.759. The number of carbonyl (C=O) groups excluding carboxylic acids is 4. The van der Waals surface area contributed by atoms with Gasteiger partial charge in [0.25, 0.3) is 0 Å². The maximum absolute atomic E-state index is 12.7. The Morgan fingerprint density at radius 2 is 1.82 bits per heavy atom. The van der Waals surface area contributed by atoms with E-state index in [1.807, 2.05) is 30.3 Å². The van der Waals surface area contributed by atoms with E-state index < -0.39 is 73.1 Å². The van der Waals surface area contributed by atoms with Crippen molar-refractivity contribution in [1.29, 1.82) is 0 Å². The number of amides is 3. The summed E-state index contributed by atoms with van der Waals surface area (Å²) in [5.41, 5.74) is -1.37. The smallest absolute Gasteiger partial charge is 0.407 e. The molecule has 6 atom stereocenters. The van der Waals surface area contributed by atoms with Gasteiger partial charge in [-0.15, -0.1) is 0 Å². The number of hydrogen-bond donors (Lipinski definition) is 7. The number of ether oxygens (including phenoxy) is 3. The Bertz CT molecular complexity index is 980. The normalized spacial score (nSPS) is 23.8. The molecule has 1 heterocycles. The van der Waals surface area contributed by atoms with Crippen LogP contribution in [0, 0.1) is 0 Å². The summed E-state index contributed by atoms with van der Waals surface area (Å²) < 4.78 is 15.6. The number of aliphatic hydroxyl groups is 4. The Labute approximate surface area is 232 Å². The van der Waals surface area contributed by atoms with Gasteiger partial charge in [0.05, 0.1) is 25.9 Å². The van der Waals surface area contributed by atoms with E-state index in [2.05, 4.69) is 16.0 Å². The van der Waals surface area contributed by atoms with Crippen LogP contribution in [-0.2, 0) is 35.2 Å². The summed E-state index contributed by atoms with van der Waals surface area (Å²) in [6, 6.07) is 7.95. The van der Waals surface area contributed by atoms with Crippen molar-refractivity contribution in [1.82, 2.24) is 16.0 Å². The van der Waals surface area contributed by atoms with Gasteiger partial charge in [-0.25, -0.2) is 9.59 Å². The number of esters is 1. The van der Waals surface area contributed by atoms with Gasteiger partial charge in [-0.3, -0.25) is 9.59 Å². The number of alkyl carbamates (subject to hydrolysis) is 1. The lowest BCUT2D eigenvalue weighted by atomic mass is 9.87. The quantitative estimate of drug-likeness (QED) is 0.105. The van der Waals surface area contributed by atoms with E-state index >= 15 is 0 Å². The summed E-state index contributed by atoms with van der Waals surface area (Å²) in [6.07, 6.45) is -6.32. The van der Waals surface area contributed by atoms with Crippen molar-refractivity contribution in [3.05, 3.63) is 35.9 Å². The van der Waals surface area contributed by atoms with E-state index in [9.17, 15) is 39.6 Å². The highest BCUT2D eigenvalue weighted by molar-refractivity contribution is 5.87. The molecular formula is C26H39N3O11. The van der Waals surface area contributed by atoms with Crippen LogP contribution < -0.4 is 16.0 Å². The molecule has 224 valence electrons. The van der Waals surface area contributed by atoms with Crippen LogP contribution in [-0.4, -0.2) is 101 Å². The van der Waals surface area contributed by atoms with Gasteiger partial charge in [-0.05, 0) is 18.4 Å². The zero-order chi connectivity index (χ0) is 29.7. The van der Waals surface area contributed by atoms with Gasteiger partial charge in [0, 0.05) is 26.3 Å². The number of hydrogen-bond acceptors (Lipinski definition) is 11. The third-order valence-corrected chi connectivity index (χ3v) is 6.31. The number of benzene rings is 1. The van der Waals surface area contributed by atoms with Crippen molar-refractivity contribution in [2.45, 2.75) is 81.8 Å². The lowest BCUT2D eigenvalue weighted by molar-refractivity contribution is -0.239. The van der Waals surface area contributed by atoms with Crippen molar-refractivity contribution >= 4 is 23.9 Å². The molecule has 1 aromatic carbocycles. The van der Waals surface area contributed by atoms with Gasteiger partial charge in [0.2, 0.25) is 17.5 Å². The number of nitrogens with one attached hydrogen (secondary N) is 3. The standard InChI is InChI=1S/C26H39N3O11/c1-16(31)28-21-18(32)13-26(24(36)38-2,40-23(21)22(35)19(33)14-30)29-20(34)11-7-4-8-12-27-25(37)39-15-17-9-5-3-6-10-17/h3,5-6,9-10,18-19,21-23,30,32-33,35H,4,7-8,11-15H2,1-2H3,(H,27,37)(H,28,31)(H,29,34)/t18?,19?,21?,22-,23?,26?/m0/s1. The molecule has 14 heteroatoms. The van der Waals surface area contributed by atoms with Crippen LogP contribution in [0.1, 0.15) is 44.6 Å². The summed E-state index contributed by atoms with van der Waals surface area (Å²) >= 11 is 0. The average Bonchev–Trinajstić information content (AvgIpc) is 2.94. The SMILES string of the molecule is COC(=O)C1(NC(=O)CCCCCNC(=O)OCc2ccccc2)CC(O)C(NC(C)=O)C([C@@H](O)C(O)CO)O1. The number of carbonyl (C=O) groups is 4. The molecule has 2 rings (SSSR count). The van der Waals surface area contributed by atoms with E-state index in [1.54, 1.807) is 0 Å². The van der Waals surface area contributed by atoms with Gasteiger partial charge < -0.3 is 50.6 Å². The number of methoxy groups -OCH3 is 1. The van der Waals surface area contributed by atoms with Crippen LogP contribution in [0.3, 0.4) is 0 Å². The fraction of sp³-hybridized carbons (Fsp3) is 0.615. The highest BCUT2D eigenvalue weighted by Crippen LogP contribution is 2.31. The number of rotatable bonds is 14. The second-order valence-electron chi connectivity index (χ2n) is 9.49. The van der Waals surface area contributed by atoms with Gasteiger partial charge >= 0.3 is 12.1 Å². The molecule has 1 saturated heterocycles. The molecule has 1 aliphatic rings. The van der Waals surface area contributed by atoms with Crippen molar-refractivity contribution in [3.63, 3.8) is 0 Å². The van der Waals surface area contributed by atoms with E-state index in [0.717, 1.165) is 19.6 Å². The second kappa shape index (κ2) is 16.1. The number of aliphatic hydroxyl groups excluding tert-OH is 4. The molecule has 1 aliphatic heterocycles. The van der Waals surface area contributed by atoms with Gasteiger partial charge in [0.1, 0.15) is 24.9 Å². The Morgan fingerprint density at radius 1 is 1.12 bits per heavy atom. The first-order chi connectivity index (χ1) is 19.0. The molecule has 0 aliphatic carbocycles. The molecule has 40 heavy (non-hydrogen) atoms. The largest absolute Gasteiger partial charge is 0.465 e. The molecule has 14 nitrogen and oxygen atoms in total. The molecule has 7 N–H and O–H groups in total. The van der Waals surface area contributed by atoms with Crippen LogP contribution in [0.2, 0.25) is 0 Å².